The van der Waals surface area contributed by atoms with Crippen LogP contribution in [0.1, 0.15) is 28.4 Å². The lowest BCUT2D eigenvalue weighted by atomic mass is 10.1. The first-order valence-electron chi connectivity index (χ1n) is 9.83. The van der Waals surface area contributed by atoms with Crippen LogP contribution in [0.4, 0.5) is 21.9 Å². The number of hydrogen-bond acceptors (Lipinski definition) is 3. The monoisotopic (exact) mass is 417 g/mol. The van der Waals surface area contributed by atoms with Crippen molar-refractivity contribution in [3.8, 4) is 0 Å². The van der Waals surface area contributed by atoms with Gasteiger partial charge in [0.05, 0.1) is 11.3 Å². The smallest absolute Gasteiger partial charge is 0.310 e. The van der Waals surface area contributed by atoms with Crippen molar-refractivity contribution in [1.82, 2.24) is 0 Å². The number of carbonyl (C=O) groups is 2. The number of rotatable bonds is 3. The molecular formula is C24H23N3O2S. The molecule has 0 radical (unpaired) electrons. The zero-order valence-corrected chi connectivity index (χ0v) is 18.0. The number of anilines is 3. The van der Waals surface area contributed by atoms with Crippen LogP contribution in [0.2, 0.25) is 0 Å². The van der Waals surface area contributed by atoms with Crippen LogP contribution in [-0.4, -0.2) is 19.0 Å². The molecule has 4 rings (SSSR count). The Morgan fingerprint density at radius 1 is 1.00 bits per heavy atom. The van der Waals surface area contributed by atoms with Crippen molar-refractivity contribution >= 4 is 40.8 Å². The predicted molar refractivity (Wildman–Crippen MR) is 123 cm³/mol. The standard InChI is InChI=1S/C24H23N3O2S/c1-4-16-9-7-8-15(2)22(16)26-24(29)25-17-12-13-21-19(14-17)27(3)23(28)18-10-5-6-11-20(18)30-21/h5-14H,4H2,1-3H3,(H2,25,26,29). The molecule has 1 heterocycles. The zero-order valence-electron chi connectivity index (χ0n) is 17.2. The Bertz CT molecular complexity index is 1140. The molecule has 2 N–H and O–H groups in total. The van der Waals surface area contributed by atoms with Crippen LogP contribution >= 0.6 is 11.8 Å². The summed E-state index contributed by atoms with van der Waals surface area (Å²) in [6.45, 7) is 4.04. The van der Waals surface area contributed by atoms with Crippen molar-refractivity contribution in [2.75, 3.05) is 22.6 Å². The molecule has 0 aromatic heterocycles. The van der Waals surface area contributed by atoms with Crippen LogP contribution in [0.3, 0.4) is 0 Å². The number of fused-ring (bicyclic) bond motifs is 2. The number of amides is 3. The molecule has 0 saturated carbocycles. The van der Waals surface area contributed by atoms with Gasteiger partial charge in [0.1, 0.15) is 0 Å². The average Bonchev–Trinajstić information content (AvgIpc) is 2.85. The molecule has 0 spiro atoms. The number of hydrogen-bond donors (Lipinski definition) is 2. The molecule has 0 atom stereocenters. The number of aryl methyl sites for hydroxylation is 2. The molecule has 0 aliphatic carbocycles. The van der Waals surface area contributed by atoms with Crippen molar-refractivity contribution in [2.45, 2.75) is 30.1 Å². The van der Waals surface area contributed by atoms with E-state index in [1.807, 2.05) is 67.6 Å². The summed E-state index contributed by atoms with van der Waals surface area (Å²) in [6.07, 6.45) is 0.834. The quantitative estimate of drug-likeness (QED) is 0.554. The summed E-state index contributed by atoms with van der Waals surface area (Å²) in [7, 11) is 1.76. The number of urea groups is 1. The van der Waals surface area contributed by atoms with Gasteiger partial charge in [0.25, 0.3) is 5.91 Å². The predicted octanol–water partition coefficient (Wildman–Crippen LogP) is 5.94. The fraction of sp³-hybridized carbons (Fsp3) is 0.167. The van der Waals surface area contributed by atoms with Crippen molar-refractivity contribution in [3.05, 3.63) is 77.4 Å². The SMILES string of the molecule is CCc1cccc(C)c1NC(=O)Nc1ccc2c(c1)N(C)C(=O)c1ccccc1S2. The molecule has 1 aliphatic heterocycles. The van der Waals surface area contributed by atoms with Crippen LogP contribution in [0.25, 0.3) is 0 Å². The highest BCUT2D eigenvalue weighted by atomic mass is 32.2. The summed E-state index contributed by atoms with van der Waals surface area (Å²) in [4.78, 5) is 29.1. The number of para-hydroxylation sites is 1. The normalized spacial score (nSPS) is 12.6. The molecule has 0 unspecified atom stereocenters. The van der Waals surface area contributed by atoms with Gasteiger partial charge in [-0.2, -0.15) is 0 Å². The van der Waals surface area contributed by atoms with Gasteiger partial charge in [0.2, 0.25) is 0 Å². The van der Waals surface area contributed by atoms with Gasteiger partial charge in [0.15, 0.2) is 0 Å². The Morgan fingerprint density at radius 2 is 1.80 bits per heavy atom. The summed E-state index contributed by atoms with van der Waals surface area (Å²) in [5.74, 6) is -0.0639. The molecule has 3 aromatic rings. The third-order valence-electron chi connectivity index (χ3n) is 5.20. The largest absolute Gasteiger partial charge is 0.323 e. The molecule has 3 aromatic carbocycles. The Labute approximate surface area is 180 Å². The molecule has 0 bridgehead atoms. The van der Waals surface area contributed by atoms with Crippen molar-refractivity contribution in [3.63, 3.8) is 0 Å². The maximum absolute atomic E-state index is 12.9. The molecule has 30 heavy (non-hydrogen) atoms. The van der Waals surface area contributed by atoms with Crippen molar-refractivity contribution in [2.24, 2.45) is 0 Å². The van der Waals surface area contributed by atoms with E-state index in [-0.39, 0.29) is 11.9 Å². The zero-order chi connectivity index (χ0) is 21.3. The van der Waals surface area contributed by atoms with E-state index < -0.39 is 0 Å². The van der Waals surface area contributed by atoms with Gasteiger partial charge in [-0.3, -0.25) is 4.79 Å². The molecule has 3 amide bonds. The van der Waals surface area contributed by atoms with E-state index in [1.165, 1.54) is 0 Å². The van der Waals surface area contributed by atoms with Crippen LogP contribution < -0.4 is 15.5 Å². The first-order valence-corrected chi connectivity index (χ1v) is 10.6. The lowest BCUT2D eigenvalue weighted by molar-refractivity contribution is 0.0990. The third kappa shape index (κ3) is 3.78. The van der Waals surface area contributed by atoms with E-state index in [0.29, 0.717) is 11.3 Å². The Hall–Kier alpha value is -3.25. The van der Waals surface area contributed by atoms with Gasteiger partial charge in [-0.15, -0.1) is 0 Å². The van der Waals surface area contributed by atoms with Crippen LogP contribution in [0, 0.1) is 6.92 Å². The molecule has 152 valence electrons. The summed E-state index contributed by atoms with van der Waals surface area (Å²) in [6, 6.07) is 18.9. The lowest BCUT2D eigenvalue weighted by Crippen LogP contribution is -2.26. The van der Waals surface area contributed by atoms with Crippen LogP contribution in [0.15, 0.2) is 70.5 Å². The second-order valence-corrected chi connectivity index (χ2v) is 8.27. The van der Waals surface area contributed by atoms with E-state index in [9.17, 15) is 9.59 Å². The number of nitrogens with one attached hydrogen (secondary N) is 2. The second-order valence-electron chi connectivity index (χ2n) is 7.19. The van der Waals surface area contributed by atoms with Gasteiger partial charge in [-0.25, -0.2) is 4.79 Å². The Kier molecular flexibility index (Phi) is 5.50. The highest BCUT2D eigenvalue weighted by molar-refractivity contribution is 7.99. The maximum Gasteiger partial charge on any atom is 0.323 e. The fourth-order valence-corrected chi connectivity index (χ4v) is 4.65. The topological polar surface area (TPSA) is 61.4 Å². The van der Waals surface area contributed by atoms with Gasteiger partial charge < -0.3 is 15.5 Å². The highest BCUT2D eigenvalue weighted by Crippen LogP contribution is 2.41. The second kappa shape index (κ2) is 8.24. The summed E-state index contributed by atoms with van der Waals surface area (Å²) in [5, 5.41) is 5.87. The lowest BCUT2D eigenvalue weighted by Gasteiger charge is -2.19. The summed E-state index contributed by atoms with van der Waals surface area (Å²) < 4.78 is 0. The first kappa shape index (κ1) is 20.0. The highest BCUT2D eigenvalue weighted by Gasteiger charge is 2.24. The average molecular weight is 418 g/mol. The van der Waals surface area contributed by atoms with E-state index in [0.717, 1.165) is 38.7 Å². The Balaban J connectivity index is 1.58. The van der Waals surface area contributed by atoms with E-state index in [1.54, 1.807) is 23.7 Å². The molecule has 5 nitrogen and oxygen atoms in total. The molecule has 6 heteroatoms. The van der Waals surface area contributed by atoms with Gasteiger partial charge >= 0.3 is 6.03 Å². The minimum absolute atomic E-state index is 0.0639. The molecule has 1 aliphatic rings. The van der Waals surface area contributed by atoms with Gasteiger partial charge in [-0.1, -0.05) is 49.0 Å². The van der Waals surface area contributed by atoms with E-state index >= 15 is 0 Å². The van der Waals surface area contributed by atoms with Gasteiger partial charge in [-0.05, 0) is 54.8 Å². The number of carbonyl (C=O) groups excluding carboxylic acids is 2. The fourth-order valence-electron chi connectivity index (χ4n) is 3.56. The minimum Gasteiger partial charge on any atom is -0.310 e. The third-order valence-corrected chi connectivity index (χ3v) is 6.34. The summed E-state index contributed by atoms with van der Waals surface area (Å²) >= 11 is 1.56. The minimum atomic E-state index is -0.308. The van der Waals surface area contributed by atoms with Crippen molar-refractivity contribution < 1.29 is 9.59 Å². The molecule has 0 fully saturated rings. The summed E-state index contributed by atoms with van der Waals surface area (Å²) in [5.41, 5.74) is 5.02. The first-order chi connectivity index (χ1) is 14.5. The van der Waals surface area contributed by atoms with E-state index in [4.69, 9.17) is 0 Å². The van der Waals surface area contributed by atoms with Crippen LogP contribution in [-0.2, 0) is 6.42 Å². The maximum atomic E-state index is 12.9. The van der Waals surface area contributed by atoms with Crippen LogP contribution in [0.5, 0.6) is 0 Å². The Morgan fingerprint density at radius 3 is 2.60 bits per heavy atom. The molecule has 0 saturated heterocycles. The number of nitrogens with zero attached hydrogens (tertiary/aromatic N) is 1. The number of benzene rings is 3. The van der Waals surface area contributed by atoms with Gasteiger partial charge in [0, 0.05) is 28.2 Å². The van der Waals surface area contributed by atoms with Crippen molar-refractivity contribution in [1.29, 1.82) is 0 Å². The molecular weight excluding hydrogens is 394 g/mol. The van der Waals surface area contributed by atoms with E-state index in [2.05, 4.69) is 17.6 Å².